The molecule has 1 aromatic carbocycles. The van der Waals surface area contributed by atoms with Gasteiger partial charge in [0, 0.05) is 26.7 Å². The van der Waals surface area contributed by atoms with Gasteiger partial charge in [-0.25, -0.2) is 0 Å². The van der Waals surface area contributed by atoms with Crippen LogP contribution in [0.5, 0.6) is 0 Å². The van der Waals surface area contributed by atoms with E-state index in [0.717, 1.165) is 12.0 Å². The fraction of sp³-hybridized carbons (Fsp3) is 0.500. The SMILES string of the molecule is COC1(CNC(=O)[C@H](N)c2ccccc2)CCOC1. The van der Waals surface area contributed by atoms with Crippen molar-refractivity contribution >= 4 is 5.91 Å². The summed E-state index contributed by atoms with van der Waals surface area (Å²) < 4.78 is 10.8. The number of carbonyl (C=O) groups is 1. The molecular formula is C14H20N2O3. The van der Waals surface area contributed by atoms with E-state index in [2.05, 4.69) is 5.32 Å². The summed E-state index contributed by atoms with van der Waals surface area (Å²) in [5.41, 5.74) is 6.31. The molecule has 104 valence electrons. The molecular weight excluding hydrogens is 244 g/mol. The smallest absolute Gasteiger partial charge is 0.241 e. The molecule has 5 nitrogen and oxygen atoms in total. The zero-order valence-electron chi connectivity index (χ0n) is 11.1. The molecule has 19 heavy (non-hydrogen) atoms. The van der Waals surface area contributed by atoms with E-state index in [-0.39, 0.29) is 5.91 Å². The number of amides is 1. The molecule has 1 amide bonds. The predicted octanol–water partition coefficient (Wildman–Crippen LogP) is 0.608. The zero-order chi connectivity index (χ0) is 13.7. The normalized spacial score (nSPS) is 24.1. The van der Waals surface area contributed by atoms with Gasteiger partial charge in [0.25, 0.3) is 0 Å². The van der Waals surface area contributed by atoms with Crippen molar-refractivity contribution in [2.45, 2.75) is 18.1 Å². The average Bonchev–Trinajstić information content (AvgIpc) is 2.94. The number of nitrogens with one attached hydrogen (secondary N) is 1. The van der Waals surface area contributed by atoms with Gasteiger partial charge in [-0.05, 0) is 5.56 Å². The lowest BCUT2D eigenvalue weighted by molar-refractivity contribution is -0.124. The van der Waals surface area contributed by atoms with Crippen molar-refractivity contribution < 1.29 is 14.3 Å². The number of ether oxygens (including phenoxy) is 2. The van der Waals surface area contributed by atoms with Crippen molar-refractivity contribution in [1.82, 2.24) is 5.32 Å². The molecule has 1 fully saturated rings. The van der Waals surface area contributed by atoms with Crippen LogP contribution in [0.4, 0.5) is 0 Å². The molecule has 0 bridgehead atoms. The fourth-order valence-electron chi connectivity index (χ4n) is 2.13. The van der Waals surface area contributed by atoms with E-state index in [1.165, 1.54) is 0 Å². The van der Waals surface area contributed by atoms with E-state index in [0.29, 0.717) is 19.8 Å². The summed E-state index contributed by atoms with van der Waals surface area (Å²) in [5, 5.41) is 2.85. The van der Waals surface area contributed by atoms with Crippen molar-refractivity contribution in [1.29, 1.82) is 0 Å². The maximum absolute atomic E-state index is 12.0. The highest BCUT2D eigenvalue weighted by atomic mass is 16.5. The number of benzene rings is 1. The molecule has 1 aliphatic rings. The third kappa shape index (κ3) is 3.32. The summed E-state index contributed by atoms with van der Waals surface area (Å²) in [6, 6.07) is 8.65. The van der Waals surface area contributed by atoms with Crippen LogP contribution in [-0.2, 0) is 14.3 Å². The topological polar surface area (TPSA) is 73.6 Å². The summed E-state index contributed by atoms with van der Waals surface area (Å²) in [7, 11) is 1.64. The second-order valence-corrected chi connectivity index (χ2v) is 4.80. The first-order valence-electron chi connectivity index (χ1n) is 6.38. The highest BCUT2D eigenvalue weighted by Gasteiger charge is 2.35. The van der Waals surface area contributed by atoms with Gasteiger partial charge < -0.3 is 20.5 Å². The van der Waals surface area contributed by atoms with E-state index in [4.69, 9.17) is 15.2 Å². The predicted molar refractivity (Wildman–Crippen MR) is 71.6 cm³/mol. The molecule has 0 spiro atoms. The van der Waals surface area contributed by atoms with Crippen molar-refractivity contribution in [3.05, 3.63) is 35.9 Å². The second kappa shape index (κ2) is 6.14. The Morgan fingerprint density at radius 2 is 2.26 bits per heavy atom. The van der Waals surface area contributed by atoms with Crippen molar-refractivity contribution in [3.63, 3.8) is 0 Å². The molecule has 1 saturated heterocycles. The summed E-state index contributed by atoms with van der Waals surface area (Å²) in [4.78, 5) is 12.0. The van der Waals surface area contributed by atoms with Gasteiger partial charge >= 0.3 is 0 Å². The lowest BCUT2D eigenvalue weighted by Crippen LogP contribution is -2.47. The Bertz CT molecular complexity index is 416. The average molecular weight is 264 g/mol. The molecule has 1 aliphatic heterocycles. The first-order chi connectivity index (χ1) is 9.17. The molecule has 0 saturated carbocycles. The van der Waals surface area contributed by atoms with Gasteiger partial charge in [0.2, 0.25) is 5.91 Å². The molecule has 1 unspecified atom stereocenters. The van der Waals surface area contributed by atoms with Crippen LogP contribution in [0.3, 0.4) is 0 Å². The van der Waals surface area contributed by atoms with E-state index in [9.17, 15) is 4.79 Å². The third-order valence-corrected chi connectivity index (χ3v) is 3.53. The number of hydrogen-bond acceptors (Lipinski definition) is 4. The van der Waals surface area contributed by atoms with Crippen LogP contribution >= 0.6 is 0 Å². The van der Waals surface area contributed by atoms with E-state index >= 15 is 0 Å². The van der Waals surface area contributed by atoms with E-state index < -0.39 is 11.6 Å². The molecule has 3 N–H and O–H groups in total. The van der Waals surface area contributed by atoms with Gasteiger partial charge in [-0.15, -0.1) is 0 Å². The maximum Gasteiger partial charge on any atom is 0.241 e. The first-order valence-corrected chi connectivity index (χ1v) is 6.38. The Kier molecular flexibility index (Phi) is 4.52. The van der Waals surface area contributed by atoms with Crippen LogP contribution in [0.15, 0.2) is 30.3 Å². The van der Waals surface area contributed by atoms with Crippen LogP contribution < -0.4 is 11.1 Å². The molecule has 2 atom stereocenters. The monoisotopic (exact) mass is 264 g/mol. The first kappa shape index (κ1) is 14.0. The van der Waals surface area contributed by atoms with Crippen LogP contribution in [0.25, 0.3) is 0 Å². The Morgan fingerprint density at radius 1 is 1.53 bits per heavy atom. The van der Waals surface area contributed by atoms with Crippen LogP contribution in [0, 0.1) is 0 Å². The third-order valence-electron chi connectivity index (χ3n) is 3.53. The highest BCUT2D eigenvalue weighted by molar-refractivity contribution is 5.82. The number of hydrogen-bond donors (Lipinski definition) is 2. The molecule has 0 aliphatic carbocycles. The Labute approximate surface area is 113 Å². The van der Waals surface area contributed by atoms with Crippen LogP contribution in [0.2, 0.25) is 0 Å². The fourth-order valence-corrected chi connectivity index (χ4v) is 2.13. The minimum atomic E-state index is -0.655. The van der Waals surface area contributed by atoms with Crippen LogP contribution in [-0.4, -0.2) is 38.4 Å². The molecule has 2 rings (SSSR count). The molecule has 0 aromatic heterocycles. The standard InChI is InChI=1S/C14H20N2O3/c1-18-14(7-8-19-10-14)9-16-13(17)12(15)11-5-3-2-4-6-11/h2-6,12H,7-10,15H2,1H3,(H,16,17)/t12-,14?/m1/s1. The molecule has 0 radical (unpaired) electrons. The Morgan fingerprint density at radius 3 is 2.84 bits per heavy atom. The van der Waals surface area contributed by atoms with Crippen LogP contribution in [0.1, 0.15) is 18.0 Å². The van der Waals surface area contributed by atoms with Gasteiger partial charge in [0.05, 0.1) is 6.61 Å². The quantitative estimate of drug-likeness (QED) is 0.817. The van der Waals surface area contributed by atoms with Gasteiger partial charge in [-0.1, -0.05) is 30.3 Å². The Hall–Kier alpha value is -1.43. The summed E-state index contributed by atoms with van der Waals surface area (Å²) >= 11 is 0. The van der Waals surface area contributed by atoms with E-state index in [1.807, 2.05) is 30.3 Å². The lowest BCUT2D eigenvalue weighted by Gasteiger charge is -2.26. The second-order valence-electron chi connectivity index (χ2n) is 4.80. The minimum Gasteiger partial charge on any atom is -0.378 e. The molecule has 1 heterocycles. The number of nitrogens with two attached hydrogens (primary N) is 1. The Balaban J connectivity index is 1.91. The van der Waals surface area contributed by atoms with Crippen molar-refractivity contribution in [2.24, 2.45) is 5.73 Å². The maximum atomic E-state index is 12.0. The number of rotatable bonds is 5. The summed E-state index contributed by atoms with van der Waals surface area (Å²) in [5.74, 6) is -0.200. The minimum absolute atomic E-state index is 0.200. The summed E-state index contributed by atoms with van der Waals surface area (Å²) in [6.45, 7) is 1.58. The molecule has 1 aromatic rings. The van der Waals surface area contributed by atoms with Crippen molar-refractivity contribution in [3.8, 4) is 0 Å². The zero-order valence-corrected chi connectivity index (χ0v) is 11.1. The van der Waals surface area contributed by atoms with Gasteiger partial charge in [-0.3, -0.25) is 4.79 Å². The largest absolute Gasteiger partial charge is 0.378 e. The van der Waals surface area contributed by atoms with Gasteiger partial charge in [-0.2, -0.15) is 0 Å². The van der Waals surface area contributed by atoms with Crippen molar-refractivity contribution in [2.75, 3.05) is 26.9 Å². The van der Waals surface area contributed by atoms with E-state index in [1.54, 1.807) is 7.11 Å². The molecule has 5 heteroatoms. The van der Waals surface area contributed by atoms with Gasteiger partial charge in [0.15, 0.2) is 0 Å². The number of carbonyl (C=O) groups excluding carboxylic acids is 1. The number of methoxy groups -OCH3 is 1. The summed E-state index contributed by atoms with van der Waals surface area (Å²) in [6.07, 6.45) is 0.782. The highest BCUT2D eigenvalue weighted by Crippen LogP contribution is 2.21. The van der Waals surface area contributed by atoms with Gasteiger partial charge in [0.1, 0.15) is 11.6 Å². The lowest BCUT2D eigenvalue weighted by atomic mass is 10.0.